The SMILES string of the molecule is CC(=O)N(CCNC(=O)C1CCCO1)c1ccc(N(C)C)cc1. The zero-order valence-electron chi connectivity index (χ0n) is 14.0. The molecule has 6 nitrogen and oxygen atoms in total. The molecule has 1 fully saturated rings. The van der Waals surface area contributed by atoms with Crippen molar-refractivity contribution in [3.8, 4) is 0 Å². The van der Waals surface area contributed by atoms with E-state index >= 15 is 0 Å². The molecule has 1 aliphatic rings. The van der Waals surface area contributed by atoms with Gasteiger partial charge in [0, 0.05) is 52.1 Å². The van der Waals surface area contributed by atoms with Gasteiger partial charge in [0.1, 0.15) is 6.10 Å². The van der Waals surface area contributed by atoms with Gasteiger partial charge in [-0.25, -0.2) is 0 Å². The zero-order chi connectivity index (χ0) is 16.8. The maximum absolute atomic E-state index is 11.9. The number of rotatable bonds is 6. The summed E-state index contributed by atoms with van der Waals surface area (Å²) < 4.78 is 5.34. The molecule has 1 atom stereocenters. The fourth-order valence-corrected chi connectivity index (χ4v) is 2.59. The lowest BCUT2D eigenvalue weighted by molar-refractivity contribution is -0.130. The number of nitrogens with zero attached hydrogens (tertiary/aromatic N) is 2. The Balaban J connectivity index is 1.90. The van der Waals surface area contributed by atoms with Gasteiger partial charge in [-0.15, -0.1) is 0 Å². The Morgan fingerprint density at radius 1 is 1.22 bits per heavy atom. The molecular formula is C17H25N3O3. The summed E-state index contributed by atoms with van der Waals surface area (Å²) in [5.41, 5.74) is 1.90. The average Bonchev–Trinajstić information content (AvgIpc) is 3.05. The first kappa shape index (κ1) is 17.3. The highest BCUT2D eigenvalue weighted by Gasteiger charge is 2.23. The van der Waals surface area contributed by atoms with E-state index in [0.717, 1.165) is 24.2 Å². The van der Waals surface area contributed by atoms with Crippen molar-refractivity contribution in [2.75, 3.05) is 43.6 Å². The lowest BCUT2D eigenvalue weighted by Crippen LogP contribution is -2.41. The van der Waals surface area contributed by atoms with E-state index in [1.165, 1.54) is 6.92 Å². The first-order valence-electron chi connectivity index (χ1n) is 7.94. The number of carbonyl (C=O) groups excluding carboxylic acids is 2. The van der Waals surface area contributed by atoms with Crippen LogP contribution in [0.25, 0.3) is 0 Å². The van der Waals surface area contributed by atoms with Crippen molar-refractivity contribution in [3.63, 3.8) is 0 Å². The minimum atomic E-state index is -0.333. The van der Waals surface area contributed by atoms with Gasteiger partial charge >= 0.3 is 0 Å². The molecule has 0 aromatic heterocycles. The van der Waals surface area contributed by atoms with E-state index in [0.29, 0.717) is 19.7 Å². The van der Waals surface area contributed by atoms with Crippen LogP contribution in [0.3, 0.4) is 0 Å². The van der Waals surface area contributed by atoms with E-state index in [1.54, 1.807) is 4.90 Å². The molecule has 2 amide bonds. The largest absolute Gasteiger partial charge is 0.378 e. The van der Waals surface area contributed by atoms with Crippen molar-refractivity contribution in [3.05, 3.63) is 24.3 Å². The number of anilines is 2. The fraction of sp³-hybridized carbons (Fsp3) is 0.529. The summed E-state index contributed by atoms with van der Waals surface area (Å²) in [5, 5.41) is 2.84. The van der Waals surface area contributed by atoms with Crippen LogP contribution in [0.2, 0.25) is 0 Å². The third kappa shape index (κ3) is 4.69. The summed E-state index contributed by atoms with van der Waals surface area (Å²) in [5.74, 6) is -0.136. The Hall–Kier alpha value is -2.08. The Labute approximate surface area is 137 Å². The number of ether oxygens (including phenoxy) is 1. The molecule has 2 rings (SSSR count). The van der Waals surface area contributed by atoms with Crippen molar-refractivity contribution < 1.29 is 14.3 Å². The fourth-order valence-electron chi connectivity index (χ4n) is 2.59. The molecule has 23 heavy (non-hydrogen) atoms. The Morgan fingerprint density at radius 2 is 1.87 bits per heavy atom. The highest BCUT2D eigenvalue weighted by atomic mass is 16.5. The second-order valence-corrected chi connectivity index (χ2v) is 5.87. The number of benzene rings is 1. The van der Waals surface area contributed by atoms with E-state index in [1.807, 2.05) is 43.3 Å². The molecule has 0 radical (unpaired) electrons. The monoisotopic (exact) mass is 319 g/mol. The first-order valence-corrected chi connectivity index (χ1v) is 7.94. The quantitative estimate of drug-likeness (QED) is 0.861. The van der Waals surface area contributed by atoms with Gasteiger partial charge in [0.15, 0.2) is 0 Å². The summed E-state index contributed by atoms with van der Waals surface area (Å²) in [6.45, 7) is 3.03. The molecular weight excluding hydrogens is 294 g/mol. The molecule has 1 N–H and O–H groups in total. The topological polar surface area (TPSA) is 61.9 Å². The molecule has 0 saturated carbocycles. The number of hydrogen-bond donors (Lipinski definition) is 1. The van der Waals surface area contributed by atoms with Crippen LogP contribution in [-0.4, -0.2) is 51.7 Å². The van der Waals surface area contributed by atoms with Gasteiger partial charge in [-0.3, -0.25) is 9.59 Å². The molecule has 1 aliphatic heterocycles. The van der Waals surface area contributed by atoms with Gasteiger partial charge in [-0.05, 0) is 37.1 Å². The smallest absolute Gasteiger partial charge is 0.249 e. The van der Waals surface area contributed by atoms with Crippen LogP contribution in [0.1, 0.15) is 19.8 Å². The third-order valence-electron chi connectivity index (χ3n) is 3.91. The summed E-state index contributed by atoms with van der Waals surface area (Å²) in [6.07, 6.45) is 1.37. The molecule has 1 heterocycles. The Bertz CT molecular complexity index is 537. The lowest BCUT2D eigenvalue weighted by atomic mass is 10.2. The van der Waals surface area contributed by atoms with Crippen molar-refractivity contribution in [1.82, 2.24) is 5.32 Å². The molecule has 1 unspecified atom stereocenters. The zero-order valence-corrected chi connectivity index (χ0v) is 14.0. The van der Waals surface area contributed by atoms with Gasteiger partial charge in [0.25, 0.3) is 0 Å². The van der Waals surface area contributed by atoms with Crippen LogP contribution in [0, 0.1) is 0 Å². The van der Waals surface area contributed by atoms with Crippen LogP contribution in [0.5, 0.6) is 0 Å². The second-order valence-electron chi connectivity index (χ2n) is 5.87. The molecule has 1 saturated heterocycles. The molecule has 0 spiro atoms. The van der Waals surface area contributed by atoms with E-state index in [9.17, 15) is 9.59 Å². The number of hydrogen-bond acceptors (Lipinski definition) is 4. The molecule has 0 bridgehead atoms. The molecule has 0 aliphatic carbocycles. The van der Waals surface area contributed by atoms with Crippen molar-refractivity contribution >= 4 is 23.2 Å². The Kier molecular flexibility index (Phi) is 5.98. The predicted molar refractivity (Wildman–Crippen MR) is 90.8 cm³/mol. The van der Waals surface area contributed by atoms with E-state index in [-0.39, 0.29) is 17.9 Å². The van der Waals surface area contributed by atoms with Gasteiger partial charge in [0.2, 0.25) is 11.8 Å². The average molecular weight is 319 g/mol. The normalized spacial score (nSPS) is 16.9. The van der Waals surface area contributed by atoms with Crippen LogP contribution in [0.15, 0.2) is 24.3 Å². The minimum Gasteiger partial charge on any atom is -0.378 e. The number of nitrogens with one attached hydrogen (secondary N) is 1. The van der Waals surface area contributed by atoms with Crippen LogP contribution in [0.4, 0.5) is 11.4 Å². The van der Waals surface area contributed by atoms with Gasteiger partial charge < -0.3 is 19.9 Å². The second kappa shape index (κ2) is 7.97. The van der Waals surface area contributed by atoms with Crippen molar-refractivity contribution in [2.45, 2.75) is 25.9 Å². The van der Waals surface area contributed by atoms with Crippen molar-refractivity contribution in [2.24, 2.45) is 0 Å². The summed E-state index contributed by atoms with van der Waals surface area (Å²) >= 11 is 0. The minimum absolute atomic E-state index is 0.0473. The first-order chi connectivity index (χ1) is 11.0. The van der Waals surface area contributed by atoms with E-state index < -0.39 is 0 Å². The van der Waals surface area contributed by atoms with E-state index in [2.05, 4.69) is 5.32 Å². The molecule has 6 heteroatoms. The van der Waals surface area contributed by atoms with Crippen LogP contribution in [-0.2, 0) is 14.3 Å². The van der Waals surface area contributed by atoms with E-state index in [4.69, 9.17) is 4.74 Å². The predicted octanol–water partition coefficient (Wildman–Crippen LogP) is 1.40. The van der Waals surface area contributed by atoms with Crippen LogP contribution >= 0.6 is 0 Å². The van der Waals surface area contributed by atoms with Gasteiger partial charge in [-0.1, -0.05) is 0 Å². The van der Waals surface area contributed by atoms with Gasteiger partial charge in [0.05, 0.1) is 0 Å². The number of amides is 2. The third-order valence-corrected chi connectivity index (χ3v) is 3.91. The molecule has 1 aromatic carbocycles. The van der Waals surface area contributed by atoms with Gasteiger partial charge in [-0.2, -0.15) is 0 Å². The highest BCUT2D eigenvalue weighted by Crippen LogP contribution is 2.19. The lowest BCUT2D eigenvalue weighted by Gasteiger charge is -2.23. The molecule has 1 aromatic rings. The Morgan fingerprint density at radius 3 is 2.39 bits per heavy atom. The standard InChI is InChI=1S/C17H25N3O3/c1-13(21)20(15-8-6-14(7-9-15)19(2)3)11-10-18-17(22)16-5-4-12-23-16/h6-9,16H,4-5,10-12H2,1-3H3,(H,18,22). The maximum Gasteiger partial charge on any atom is 0.249 e. The number of carbonyl (C=O) groups is 2. The summed E-state index contributed by atoms with van der Waals surface area (Å²) in [6, 6.07) is 7.77. The van der Waals surface area contributed by atoms with Crippen LogP contribution < -0.4 is 15.1 Å². The highest BCUT2D eigenvalue weighted by molar-refractivity contribution is 5.91. The molecule has 126 valence electrons. The summed E-state index contributed by atoms with van der Waals surface area (Å²) in [7, 11) is 3.94. The summed E-state index contributed by atoms with van der Waals surface area (Å²) in [4.78, 5) is 27.4. The van der Waals surface area contributed by atoms with Crippen molar-refractivity contribution in [1.29, 1.82) is 0 Å². The maximum atomic E-state index is 11.9.